The number of alkyl halides is 3. The van der Waals surface area contributed by atoms with Crippen LogP contribution in [-0.2, 0) is 0 Å². The SMILES string of the molecule is CC(CC(F)(F)F)Sc1ccccc1. The quantitative estimate of drug-likeness (QED) is 0.690. The van der Waals surface area contributed by atoms with E-state index in [1.165, 1.54) is 11.8 Å². The predicted octanol–water partition coefficient (Wildman–Crippen LogP) is 4.12. The number of thioether (sulfide) groups is 1. The second kappa shape index (κ2) is 4.73. The van der Waals surface area contributed by atoms with Gasteiger partial charge in [-0.3, -0.25) is 0 Å². The maximum Gasteiger partial charge on any atom is 0.390 e. The molecule has 0 aliphatic rings. The number of rotatable bonds is 3. The van der Waals surface area contributed by atoms with Crippen molar-refractivity contribution in [2.24, 2.45) is 0 Å². The van der Waals surface area contributed by atoms with E-state index >= 15 is 0 Å². The van der Waals surface area contributed by atoms with Crippen LogP contribution in [0.25, 0.3) is 0 Å². The molecule has 0 fully saturated rings. The Morgan fingerprint density at radius 2 is 1.79 bits per heavy atom. The topological polar surface area (TPSA) is 0 Å². The minimum Gasteiger partial charge on any atom is -0.171 e. The molecule has 14 heavy (non-hydrogen) atoms. The maximum atomic E-state index is 12.0. The zero-order valence-electron chi connectivity index (χ0n) is 7.71. The van der Waals surface area contributed by atoms with Gasteiger partial charge in [0.25, 0.3) is 0 Å². The second-order valence-electron chi connectivity index (χ2n) is 3.06. The Morgan fingerprint density at radius 1 is 1.21 bits per heavy atom. The Labute approximate surface area is 85.5 Å². The van der Waals surface area contributed by atoms with Gasteiger partial charge in [-0.05, 0) is 12.1 Å². The van der Waals surface area contributed by atoms with Gasteiger partial charge in [0.05, 0.1) is 6.42 Å². The average molecular weight is 220 g/mol. The average Bonchev–Trinajstić information content (AvgIpc) is 2.02. The van der Waals surface area contributed by atoms with E-state index in [9.17, 15) is 13.2 Å². The highest BCUT2D eigenvalue weighted by atomic mass is 32.2. The van der Waals surface area contributed by atoms with Gasteiger partial charge in [-0.2, -0.15) is 13.2 Å². The lowest BCUT2D eigenvalue weighted by Gasteiger charge is -2.13. The van der Waals surface area contributed by atoms with Crippen molar-refractivity contribution in [3.8, 4) is 0 Å². The second-order valence-corrected chi connectivity index (χ2v) is 4.57. The van der Waals surface area contributed by atoms with E-state index < -0.39 is 17.8 Å². The summed E-state index contributed by atoms with van der Waals surface area (Å²) in [5.74, 6) is 0. The molecule has 1 aromatic rings. The lowest BCUT2D eigenvalue weighted by molar-refractivity contribution is -0.133. The van der Waals surface area contributed by atoms with E-state index in [4.69, 9.17) is 0 Å². The Hall–Kier alpha value is -0.640. The first kappa shape index (κ1) is 11.4. The number of halogens is 3. The van der Waals surface area contributed by atoms with E-state index in [1.54, 1.807) is 6.92 Å². The first-order chi connectivity index (χ1) is 6.47. The van der Waals surface area contributed by atoms with Crippen LogP contribution in [0.2, 0.25) is 0 Å². The molecule has 0 spiro atoms. The molecule has 0 aromatic heterocycles. The summed E-state index contributed by atoms with van der Waals surface area (Å²) in [6, 6.07) is 9.12. The molecule has 0 nitrogen and oxygen atoms in total. The van der Waals surface area contributed by atoms with Crippen LogP contribution in [0.3, 0.4) is 0 Å². The monoisotopic (exact) mass is 220 g/mol. The summed E-state index contributed by atoms with van der Waals surface area (Å²) in [5, 5.41) is -0.433. The zero-order valence-corrected chi connectivity index (χ0v) is 8.53. The molecule has 0 aliphatic carbocycles. The lowest BCUT2D eigenvalue weighted by Crippen LogP contribution is -2.14. The van der Waals surface area contributed by atoms with Gasteiger partial charge < -0.3 is 0 Å². The molecule has 0 aliphatic heterocycles. The molecule has 0 amide bonds. The van der Waals surface area contributed by atoms with Crippen LogP contribution in [0, 0.1) is 0 Å². The molecule has 4 heteroatoms. The molecule has 0 radical (unpaired) electrons. The fourth-order valence-electron chi connectivity index (χ4n) is 1.10. The van der Waals surface area contributed by atoms with Crippen molar-refractivity contribution >= 4 is 11.8 Å². The highest BCUT2D eigenvalue weighted by Gasteiger charge is 2.30. The lowest BCUT2D eigenvalue weighted by atomic mass is 10.3. The van der Waals surface area contributed by atoms with Crippen LogP contribution < -0.4 is 0 Å². The first-order valence-corrected chi connectivity index (χ1v) is 5.14. The smallest absolute Gasteiger partial charge is 0.171 e. The molecule has 0 saturated heterocycles. The van der Waals surface area contributed by atoms with Gasteiger partial charge in [-0.15, -0.1) is 11.8 Å². The van der Waals surface area contributed by atoms with E-state index in [0.29, 0.717) is 0 Å². The summed E-state index contributed by atoms with van der Waals surface area (Å²) in [7, 11) is 0. The largest absolute Gasteiger partial charge is 0.390 e. The van der Waals surface area contributed by atoms with Gasteiger partial charge in [-0.25, -0.2) is 0 Å². The van der Waals surface area contributed by atoms with Crippen molar-refractivity contribution in [2.75, 3.05) is 0 Å². The number of hydrogen-bond acceptors (Lipinski definition) is 1. The molecule has 1 unspecified atom stereocenters. The fraction of sp³-hybridized carbons (Fsp3) is 0.400. The van der Waals surface area contributed by atoms with E-state index in [0.717, 1.165) is 4.90 Å². The third kappa shape index (κ3) is 4.56. The molecule has 0 bridgehead atoms. The summed E-state index contributed by atoms with van der Waals surface area (Å²) in [4.78, 5) is 0.879. The maximum absolute atomic E-state index is 12.0. The minimum absolute atomic E-state index is 0.433. The van der Waals surface area contributed by atoms with Crippen LogP contribution in [0.15, 0.2) is 35.2 Å². The minimum atomic E-state index is -4.07. The van der Waals surface area contributed by atoms with Crippen molar-refractivity contribution in [2.45, 2.75) is 29.7 Å². The fourth-order valence-corrected chi connectivity index (χ4v) is 2.15. The number of hydrogen-bond donors (Lipinski definition) is 0. The third-order valence-corrected chi connectivity index (χ3v) is 2.71. The van der Waals surface area contributed by atoms with Crippen LogP contribution >= 0.6 is 11.8 Å². The molecule has 0 saturated carbocycles. The molecule has 1 atom stereocenters. The Morgan fingerprint density at radius 3 is 2.29 bits per heavy atom. The van der Waals surface area contributed by atoms with E-state index in [1.807, 2.05) is 30.3 Å². The molecule has 0 N–H and O–H groups in total. The summed E-state index contributed by atoms with van der Waals surface area (Å²) < 4.78 is 36.0. The van der Waals surface area contributed by atoms with Gasteiger partial charge in [0.1, 0.15) is 0 Å². The standard InChI is InChI=1S/C10H11F3S/c1-8(7-10(11,12)13)14-9-5-3-2-4-6-9/h2-6,8H,7H2,1H3. The molecular formula is C10H11F3S. The van der Waals surface area contributed by atoms with Crippen molar-refractivity contribution in [1.82, 2.24) is 0 Å². The van der Waals surface area contributed by atoms with Crippen molar-refractivity contribution in [3.63, 3.8) is 0 Å². The van der Waals surface area contributed by atoms with Crippen LogP contribution in [-0.4, -0.2) is 11.4 Å². The van der Waals surface area contributed by atoms with E-state index in [-0.39, 0.29) is 0 Å². The molecule has 78 valence electrons. The van der Waals surface area contributed by atoms with Crippen molar-refractivity contribution < 1.29 is 13.2 Å². The zero-order chi connectivity index (χ0) is 10.6. The van der Waals surface area contributed by atoms with Gasteiger partial charge >= 0.3 is 6.18 Å². The van der Waals surface area contributed by atoms with Crippen LogP contribution in [0.4, 0.5) is 13.2 Å². The molecule has 0 heterocycles. The summed E-state index contributed by atoms with van der Waals surface area (Å²) >= 11 is 1.25. The molecule has 1 aromatic carbocycles. The highest BCUT2D eigenvalue weighted by Crippen LogP contribution is 2.31. The Kier molecular flexibility index (Phi) is 3.86. The Bertz CT molecular complexity index is 268. The third-order valence-electron chi connectivity index (χ3n) is 1.60. The molecular weight excluding hydrogens is 209 g/mol. The van der Waals surface area contributed by atoms with Gasteiger partial charge in [0, 0.05) is 10.1 Å². The van der Waals surface area contributed by atoms with Gasteiger partial charge in [0.2, 0.25) is 0 Å². The Balaban J connectivity index is 2.46. The summed E-state index contributed by atoms with van der Waals surface area (Å²) in [5.41, 5.74) is 0. The molecule has 1 rings (SSSR count). The summed E-state index contributed by atoms with van der Waals surface area (Å²) in [6.07, 6.45) is -4.81. The van der Waals surface area contributed by atoms with Crippen molar-refractivity contribution in [3.05, 3.63) is 30.3 Å². The van der Waals surface area contributed by atoms with Crippen molar-refractivity contribution in [1.29, 1.82) is 0 Å². The normalized spacial score (nSPS) is 14.0. The van der Waals surface area contributed by atoms with Crippen LogP contribution in [0.5, 0.6) is 0 Å². The van der Waals surface area contributed by atoms with Gasteiger partial charge in [0.15, 0.2) is 0 Å². The van der Waals surface area contributed by atoms with Gasteiger partial charge in [-0.1, -0.05) is 25.1 Å². The first-order valence-electron chi connectivity index (χ1n) is 4.26. The number of benzene rings is 1. The highest BCUT2D eigenvalue weighted by molar-refractivity contribution is 7.99. The van der Waals surface area contributed by atoms with E-state index in [2.05, 4.69) is 0 Å². The predicted molar refractivity (Wildman–Crippen MR) is 52.4 cm³/mol. The summed E-state index contributed by atoms with van der Waals surface area (Å²) in [6.45, 7) is 1.59. The van der Waals surface area contributed by atoms with Crippen LogP contribution in [0.1, 0.15) is 13.3 Å².